The number of morpholine rings is 1. The lowest BCUT2D eigenvalue weighted by molar-refractivity contribution is 0.0189. The predicted molar refractivity (Wildman–Crippen MR) is 47.5 cm³/mol. The molecule has 0 spiro atoms. The van der Waals surface area contributed by atoms with Crippen molar-refractivity contribution >= 4 is 6.03 Å². The van der Waals surface area contributed by atoms with Crippen LogP contribution < -0.4 is 5.32 Å². The number of nitrogens with zero attached hydrogens (tertiary/aromatic N) is 1. The zero-order chi connectivity index (χ0) is 9.68. The van der Waals surface area contributed by atoms with Gasteiger partial charge in [0.2, 0.25) is 0 Å². The highest BCUT2D eigenvalue weighted by Gasteiger charge is 2.22. The molecule has 1 saturated heterocycles. The monoisotopic (exact) mass is 188 g/mol. The van der Waals surface area contributed by atoms with Gasteiger partial charge in [0.05, 0.1) is 25.9 Å². The van der Waals surface area contributed by atoms with Gasteiger partial charge in [-0.05, 0) is 6.92 Å². The average molecular weight is 188 g/mol. The Morgan fingerprint density at radius 3 is 3.15 bits per heavy atom. The lowest BCUT2D eigenvalue weighted by atomic mass is 10.3. The predicted octanol–water partition coefficient (Wildman–Crippen LogP) is -0.591. The minimum atomic E-state index is -0.121. The minimum Gasteiger partial charge on any atom is -0.395 e. The van der Waals surface area contributed by atoms with Crippen molar-refractivity contribution in [3.63, 3.8) is 0 Å². The fourth-order valence-corrected chi connectivity index (χ4v) is 1.29. The molecule has 76 valence electrons. The fourth-order valence-electron chi connectivity index (χ4n) is 1.29. The summed E-state index contributed by atoms with van der Waals surface area (Å²) >= 11 is 0. The van der Waals surface area contributed by atoms with Gasteiger partial charge in [-0.15, -0.1) is 0 Å². The van der Waals surface area contributed by atoms with E-state index in [-0.39, 0.29) is 18.7 Å². The van der Waals surface area contributed by atoms with Gasteiger partial charge in [-0.1, -0.05) is 0 Å². The van der Waals surface area contributed by atoms with Crippen molar-refractivity contribution in [2.75, 3.05) is 32.9 Å². The van der Waals surface area contributed by atoms with E-state index in [0.29, 0.717) is 26.3 Å². The first-order valence-electron chi connectivity index (χ1n) is 4.48. The molecule has 0 aromatic heterocycles. The van der Waals surface area contributed by atoms with Gasteiger partial charge in [0.15, 0.2) is 0 Å². The van der Waals surface area contributed by atoms with Gasteiger partial charge in [0.25, 0.3) is 0 Å². The molecule has 0 bridgehead atoms. The molecule has 2 N–H and O–H groups in total. The molecular formula is C8H16N2O3. The Labute approximate surface area is 77.7 Å². The van der Waals surface area contributed by atoms with Gasteiger partial charge in [-0.2, -0.15) is 0 Å². The highest BCUT2D eigenvalue weighted by Crippen LogP contribution is 2.05. The second-order valence-corrected chi connectivity index (χ2v) is 3.07. The lowest BCUT2D eigenvalue weighted by Crippen LogP contribution is -2.51. The molecule has 0 aromatic carbocycles. The van der Waals surface area contributed by atoms with Crippen molar-refractivity contribution < 1.29 is 14.6 Å². The summed E-state index contributed by atoms with van der Waals surface area (Å²) in [5.74, 6) is 0. The number of carbonyl (C=O) groups is 1. The van der Waals surface area contributed by atoms with E-state index >= 15 is 0 Å². The van der Waals surface area contributed by atoms with Crippen LogP contribution in [0.2, 0.25) is 0 Å². The zero-order valence-electron chi connectivity index (χ0n) is 7.82. The molecule has 5 nitrogen and oxygen atoms in total. The Kier molecular flexibility index (Phi) is 3.98. The van der Waals surface area contributed by atoms with E-state index < -0.39 is 0 Å². The van der Waals surface area contributed by atoms with Gasteiger partial charge in [-0.3, -0.25) is 0 Å². The molecule has 0 aliphatic carbocycles. The third-order valence-corrected chi connectivity index (χ3v) is 2.02. The van der Waals surface area contributed by atoms with Gasteiger partial charge in [0, 0.05) is 13.1 Å². The van der Waals surface area contributed by atoms with E-state index in [2.05, 4.69) is 5.32 Å². The Morgan fingerprint density at radius 1 is 1.77 bits per heavy atom. The summed E-state index contributed by atoms with van der Waals surface area (Å²) in [6.07, 6.45) is 0. The SMILES string of the molecule is C[C@@H]1COCCN1C(=O)NCCO. The Bertz CT molecular complexity index is 175. The van der Waals surface area contributed by atoms with Crippen LogP contribution in [0, 0.1) is 0 Å². The summed E-state index contributed by atoms with van der Waals surface area (Å²) in [5.41, 5.74) is 0. The summed E-state index contributed by atoms with van der Waals surface area (Å²) in [7, 11) is 0. The maximum Gasteiger partial charge on any atom is 0.317 e. The molecule has 13 heavy (non-hydrogen) atoms. The van der Waals surface area contributed by atoms with Crippen LogP contribution in [0.1, 0.15) is 6.92 Å². The van der Waals surface area contributed by atoms with Crippen LogP contribution in [-0.2, 0) is 4.74 Å². The van der Waals surface area contributed by atoms with Gasteiger partial charge in [0.1, 0.15) is 0 Å². The molecular weight excluding hydrogens is 172 g/mol. The van der Waals surface area contributed by atoms with E-state index in [1.165, 1.54) is 0 Å². The number of hydrogen-bond acceptors (Lipinski definition) is 3. The summed E-state index contributed by atoms with van der Waals surface area (Å²) in [5, 5.41) is 11.1. The molecule has 0 saturated carbocycles. The highest BCUT2D eigenvalue weighted by atomic mass is 16.5. The third-order valence-electron chi connectivity index (χ3n) is 2.02. The Hall–Kier alpha value is -0.810. The lowest BCUT2D eigenvalue weighted by Gasteiger charge is -2.33. The molecule has 1 heterocycles. The number of carbonyl (C=O) groups excluding carboxylic acids is 1. The van der Waals surface area contributed by atoms with E-state index in [1.54, 1.807) is 4.90 Å². The molecule has 1 aliphatic heterocycles. The topological polar surface area (TPSA) is 61.8 Å². The van der Waals surface area contributed by atoms with Crippen molar-refractivity contribution in [3.8, 4) is 0 Å². The van der Waals surface area contributed by atoms with E-state index in [1.807, 2.05) is 6.92 Å². The van der Waals surface area contributed by atoms with Crippen molar-refractivity contribution in [3.05, 3.63) is 0 Å². The molecule has 5 heteroatoms. The maximum atomic E-state index is 11.4. The van der Waals surface area contributed by atoms with Crippen molar-refractivity contribution in [2.24, 2.45) is 0 Å². The number of aliphatic hydroxyl groups is 1. The highest BCUT2D eigenvalue weighted by molar-refractivity contribution is 5.74. The largest absolute Gasteiger partial charge is 0.395 e. The number of aliphatic hydroxyl groups excluding tert-OH is 1. The molecule has 0 aromatic rings. The molecule has 0 unspecified atom stereocenters. The summed E-state index contributed by atoms with van der Waals surface area (Å²) in [6.45, 7) is 4.03. The first-order valence-corrected chi connectivity index (χ1v) is 4.48. The molecule has 2 amide bonds. The number of hydrogen-bond donors (Lipinski definition) is 2. The van der Waals surface area contributed by atoms with E-state index in [4.69, 9.17) is 9.84 Å². The Morgan fingerprint density at radius 2 is 2.54 bits per heavy atom. The average Bonchev–Trinajstić information content (AvgIpc) is 2.15. The first kappa shape index (κ1) is 10.3. The van der Waals surface area contributed by atoms with Crippen LogP contribution >= 0.6 is 0 Å². The number of nitrogens with one attached hydrogen (secondary N) is 1. The first-order chi connectivity index (χ1) is 6.25. The molecule has 1 aliphatic rings. The standard InChI is InChI=1S/C8H16N2O3/c1-7-6-13-5-3-10(7)8(12)9-2-4-11/h7,11H,2-6H2,1H3,(H,9,12)/t7-/m1/s1. The van der Waals surface area contributed by atoms with Gasteiger partial charge in [-0.25, -0.2) is 4.79 Å². The molecule has 0 radical (unpaired) electrons. The zero-order valence-corrected chi connectivity index (χ0v) is 7.82. The number of ether oxygens (including phenoxy) is 1. The third kappa shape index (κ3) is 2.86. The quantitative estimate of drug-likeness (QED) is 0.609. The second kappa shape index (κ2) is 5.04. The van der Waals surface area contributed by atoms with Crippen LogP contribution in [0.3, 0.4) is 0 Å². The van der Waals surface area contributed by atoms with E-state index in [0.717, 1.165) is 0 Å². The van der Waals surface area contributed by atoms with Crippen LogP contribution in [-0.4, -0.2) is 55.0 Å². The maximum absolute atomic E-state index is 11.4. The van der Waals surface area contributed by atoms with Crippen LogP contribution in [0.5, 0.6) is 0 Å². The minimum absolute atomic E-state index is 0.0234. The van der Waals surface area contributed by atoms with Crippen LogP contribution in [0.15, 0.2) is 0 Å². The fraction of sp³-hybridized carbons (Fsp3) is 0.875. The number of rotatable bonds is 2. The second-order valence-electron chi connectivity index (χ2n) is 3.07. The number of amides is 2. The summed E-state index contributed by atoms with van der Waals surface area (Å²) in [6, 6.07) is -0.00251. The van der Waals surface area contributed by atoms with Crippen LogP contribution in [0.25, 0.3) is 0 Å². The molecule has 1 rings (SSSR count). The van der Waals surface area contributed by atoms with Crippen molar-refractivity contribution in [1.82, 2.24) is 10.2 Å². The normalized spacial score (nSPS) is 22.9. The van der Waals surface area contributed by atoms with Gasteiger partial charge < -0.3 is 20.1 Å². The van der Waals surface area contributed by atoms with Crippen LogP contribution in [0.4, 0.5) is 4.79 Å². The number of urea groups is 1. The Balaban J connectivity index is 2.35. The van der Waals surface area contributed by atoms with E-state index in [9.17, 15) is 4.79 Å². The molecule has 1 atom stereocenters. The van der Waals surface area contributed by atoms with Gasteiger partial charge >= 0.3 is 6.03 Å². The smallest absolute Gasteiger partial charge is 0.317 e. The molecule has 1 fully saturated rings. The van der Waals surface area contributed by atoms with Crippen molar-refractivity contribution in [1.29, 1.82) is 0 Å². The van der Waals surface area contributed by atoms with Crippen molar-refractivity contribution in [2.45, 2.75) is 13.0 Å². The summed E-state index contributed by atoms with van der Waals surface area (Å²) < 4.78 is 5.20. The summed E-state index contributed by atoms with van der Waals surface area (Å²) in [4.78, 5) is 13.1.